The predicted molar refractivity (Wildman–Crippen MR) is 65.3 cm³/mol. The summed E-state index contributed by atoms with van der Waals surface area (Å²) in [6.45, 7) is 2.62. The molecular weight excluding hydrogens is 236 g/mol. The minimum atomic E-state index is 0.658. The Morgan fingerprint density at radius 1 is 1.50 bits per heavy atom. The summed E-state index contributed by atoms with van der Waals surface area (Å²) >= 11 is 12.0. The topological polar surface area (TPSA) is 9.23 Å². The zero-order valence-corrected chi connectivity index (χ0v) is 10.0. The number of benzene rings is 1. The maximum atomic E-state index is 6.12. The van der Waals surface area contributed by atoms with E-state index in [4.69, 9.17) is 16.3 Å². The van der Waals surface area contributed by atoms with Gasteiger partial charge in [-0.05, 0) is 19.1 Å². The smallest absolute Gasteiger partial charge is 0.139 e. The molecule has 1 nitrogen and oxygen atoms in total. The lowest BCUT2D eigenvalue weighted by molar-refractivity contribution is 0.345. The predicted octanol–water partition coefficient (Wildman–Crippen LogP) is 4.24. The number of ether oxygens (including phenoxy) is 1. The third-order valence-electron chi connectivity index (χ3n) is 1.88. The van der Waals surface area contributed by atoms with Crippen LogP contribution in [0.25, 0.3) is 10.1 Å². The summed E-state index contributed by atoms with van der Waals surface area (Å²) in [6.07, 6.45) is 0. The average molecular weight is 245 g/mol. The molecule has 0 spiro atoms. The highest BCUT2D eigenvalue weighted by molar-refractivity contribution is 7.80. The van der Waals surface area contributed by atoms with Crippen molar-refractivity contribution in [3.05, 3.63) is 22.5 Å². The molecule has 1 aromatic carbocycles. The van der Waals surface area contributed by atoms with E-state index in [0.717, 1.165) is 20.7 Å². The molecule has 0 aliphatic heterocycles. The van der Waals surface area contributed by atoms with E-state index in [2.05, 4.69) is 12.6 Å². The van der Waals surface area contributed by atoms with Crippen molar-refractivity contribution in [2.24, 2.45) is 0 Å². The third-order valence-corrected chi connectivity index (χ3v) is 3.34. The maximum absolute atomic E-state index is 6.12. The van der Waals surface area contributed by atoms with Gasteiger partial charge in [0.25, 0.3) is 0 Å². The van der Waals surface area contributed by atoms with Gasteiger partial charge in [-0.25, -0.2) is 0 Å². The normalized spacial score (nSPS) is 10.8. The molecule has 2 aromatic rings. The Morgan fingerprint density at radius 3 is 3.00 bits per heavy atom. The van der Waals surface area contributed by atoms with Gasteiger partial charge in [-0.1, -0.05) is 11.6 Å². The Labute approximate surface area is 97.1 Å². The molecule has 0 saturated carbocycles. The largest absolute Gasteiger partial charge is 0.492 e. The van der Waals surface area contributed by atoms with Gasteiger partial charge in [-0.15, -0.1) is 24.0 Å². The highest BCUT2D eigenvalue weighted by Crippen LogP contribution is 2.38. The number of hydrogen-bond acceptors (Lipinski definition) is 3. The molecule has 0 unspecified atom stereocenters. The fourth-order valence-corrected chi connectivity index (χ4v) is 3.07. The lowest BCUT2D eigenvalue weighted by atomic mass is 10.2. The third kappa shape index (κ3) is 1.72. The molecule has 0 amide bonds. The van der Waals surface area contributed by atoms with Gasteiger partial charge in [0.1, 0.15) is 5.75 Å². The van der Waals surface area contributed by atoms with Crippen molar-refractivity contribution < 1.29 is 4.74 Å². The lowest BCUT2D eigenvalue weighted by Crippen LogP contribution is -1.89. The Hall–Kier alpha value is -0.380. The highest BCUT2D eigenvalue weighted by atomic mass is 35.5. The summed E-state index contributed by atoms with van der Waals surface area (Å²) in [5.74, 6) is 0.867. The average Bonchev–Trinajstić information content (AvgIpc) is 2.49. The van der Waals surface area contributed by atoms with Crippen LogP contribution in [-0.4, -0.2) is 6.61 Å². The number of hydrogen-bond donors (Lipinski definition) is 1. The first-order valence-electron chi connectivity index (χ1n) is 4.25. The summed E-state index contributed by atoms with van der Waals surface area (Å²) in [5.41, 5.74) is 0. The van der Waals surface area contributed by atoms with Crippen LogP contribution in [0, 0.1) is 0 Å². The molecule has 0 atom stereocenters. The molecular formula is C10H9ClOS2. The van der Waals surface area contributed by atoms with Crippen molar-refractivity contribution >= 4 is 45.7 Å². The molecule has 4 heteroatoms. The van der Waals surface area contributed by atoms with Gasteiger partial charge in [0, 0.05) is 15.0 Å². The second-order valence-corrected chi connectivity index (χ2v) is 4.67. The summed E-state index contributed by atoms with van der Waals surface area (Å²) in [4.78, 5) is 0.882. The van der Waals surface area contributed by atoms with Crippen molar-refractivity contribution in [1.82, 2.24) is 0 Å². The van der Waals surface area contributed by atoms with E-state index in [-0.39, 0.29) is 0 Å². The highest BCUT2D eigenvalue weighted by Gasteiger charge is 2.09. The van der Waals surface area contributed by atoms with Gasteiger partial charge < -0.3 is 4.74 Å². The van der Waals surface area contributed by atoms with Crippen LogP contribution >= 0.6 is 35.6 Å². The molecule has 1 heterocycles. The van der Waals surface area contributed by atoms with Crippen LogP contribution < -0.4 is 4.74 Å². The summed E-state index contributed by atoms with van der Waals surface area (Å²) in [5, 5.41) is 3.68. The zero-order chi connectivity index (χ0) is 10.1. The second-order valence-electron chi connectivity index (χ2n) is 2.83. The quantitative estimate of drug-likeness (QED) is 0.778. The SMILES string of the molecule is CCOc1csc2cc(S)cc(Cl)c12. The van der Waals surface area contributed by atoms with Crippen molar-refractivity contribution in [2.45, 2.75) is 11.8 Å². The van der Waals surface area contributed by atoms with Crippen LogP contribution in [0.15, 0.2) is 22.4 Å². The molecule has 0 fully saturated rings. The molecule has 0 saturated heterocycles. The Morgan fingerprint density at radius 2 is 2.29 bits per heavy atom. The van der Waals surface area contributed by atoms with E-state index in [9.17, 15) is 0 Å². The summed E-state index contributed by atoms with van der Waals surface area (Å²) in [6, 6.07) is 3.83. The zero-order valence-electron chi connectivity index (χ0n) is 7.58. The molecule has 0 aliphatic carbocycles. The van der Waals surface area contributed by atoms with E-state index in [0.29, 0.717) is 11.6 Å². The van der Waals surface area contributed by atoms with Gasteiger partial charge in [-0.2, -0.15) is 0 Å². The molecule has 0 bridgehead atoms. The van der Waals surface area contributed by atoms with Crippen LogP contribution in [0.3, 0.4) is 0 Å². The first-order valence-corrected chi connectivity index (χ1v) is 5.95. The van der Waals surface area contributed by atoms with E-state index in [1.54, 1.807) is 11.3 Å². The van der Waals surface area contributed by atoms with Crippen LogP contribution in [0.2, 0.25) is 5.02 Å². The molecule has 0 aliphatic rings. The van der Waals surface area contributed by atoms with Crippen LogP contribution in [0.1, 0.15) is 6.92 Å². The first-order chi connectivity index (χ1) is 6.72. The van der Waals surface area contributed by atoms with E-state index in [1.807, 2.05) is 24.4 Å². The molecule has 74 valence electrons. The Bertz CT molecular complexity index is 464. The van der Waals surface area contributed by atoms with Crippen molar-refractivity contribution in [3.8, 4) is 5.75 Å². The lowest BCUT2D eigenvalue weighted by Gasteiger charge is -2.02. The van der Waals surface area contributed by atoms with Gasteiger partial charge in [0.15, 0.2) is 0 Å². The summed E-state index contributed by atoms with van der Waals surface area (Å²) in [7, 11) is 0. The van der Waals surface area contributed by atoms with Crippen molar-refractivity contribution in [3.63, 3.8) is 0 Å². The fraction of sp³-hybridized carbons (Fsp3) is 0.200. The molecule has 1 aromatic heterocycles. The molecule has 0 N–H and O–H groups in total. The summed E-state index contributed by atoms with van der Waals surface area (Å²) < 4.78 is 6.60. The number of rotatable bonds is 2. The van der Waals surface area contributed by atoms with Gasteiger partial charge in [0.2, 0.25) is 0 Å². The van der Waals surface area contributed by atoms with E-state index >= 15 is 0 Å². The maximum Gasteiger partial charge on any atom is 0.139 e. The molecule has 14 heavy (non-hydrogen) atoms. The van der Waals surface area contributed by atoms with Crippen LogP contribution in [-0.2, 0) is 0 Å². The fourth-order valence-electron chi connectivity index (χ4n) is 1.34. The van der Waals surface area contributed by atoms with Crippen LogP contribution in [0.4, 0.5) is 0 Å². The Balaban J connectivity index is 2.66. The first kappa shape index (κ1) is 10.1. The number of fused-ring (bicyclic) bond motifs is 1. The van der Waals surface area contributed by atoms with Crippen LogP contribution in [0.5, 0.6) is 5.75 Å². The van der Waals surface area contributed by atoms with Crippen molar-refractivity contribution in [2.75, 3.05) is 6.61 Å². The van der Waals surface area contributed by atoms with Gasteiger partial charge in [0.05, 0.1) is 17.0 Å². The molecule has 2 rings (SSSR count). The minimum Gasteiger partial charge on any atom is -0.492 e. The monoisotopic (exact) mass is 244 g/mol. The Kier molecular flexibility index (Phi) is 2.91. The molecule has 0 radical (unpaired) electrons. The van der Waals surface area contributed by atoms with Crippen molar-refractivity contribution in [1.29, 1.82) is 0 Å². The standard InChI is InChI=1S/C10H9ClOS2/c1-2-12-8-5-14-9-4-6(13)3-7(11)10(8)9/h3-5,13H,2H2,1H3. The minimum absolute atomic E-state index is 0.658. The van der Waals surface area contributed by atoms with E-state index in [1.165, 1.54) is 0 Å². The van der Waals surface area contributed by atoms with E-state index < -0.39 is 0 Å². The van der Waals surface area contributed by atoms with Gasteiger partial charge in [-0.3, -0.25) is 0 Å². The number of thiophene rings is 1. The number of thiol groups is 1. The second kappa shape index (κ2) is 4.01. The number of halogens is 1. The van der Waals surface area contributed by atoms with Gasteiger partial charge >= 0.3 is 0 Å².